The normalized spacial score (nSPS) is 22.6. The van der Waals surface area contributed by atoms with E-state index in [0.29, 0.717) is 5.92 Å². The number of nitrogens with one attached hydrogen (secondary N) is 1. The van der Waals surface area contributed by atoms with Gasteiger partial charge in [0.05, 0.1) is 0 Å². The van der Waals surface area contributed by atoms with Crippen molar-refractivity contribution >= 4 is 5.69 Å². The minimum atomic E-state index is 0.685. The van der Waals surface area contributed by atoms with Crippen LogP contribution in [0.5, 0.6) is 0 Å². The molecule has 1 aromatic rings. The number of anilines is 1. The Labute approximate surface area is 104 Å². The van der Waals surface area contributed by atoms with Gasteiger partial charge in [-0.2, -0.15) is 0 Å². The molecule has 3 rings (SSSR count). The molecule has 2 heteroatoms. The molecule has 1 fully saturated rings. The molecule has 2 aliphatic rings. The van der Waals surface area contributed by atoms with E-state index in [1.807, 2.05) is 0 Å². The van der Waals surface area contributed by atoms with Gasteiger partial charge in [0.25, 0.3) is 0 Å². The first-order chi connectivity index (χ1) is 8.36. The lowest BCUT2D eigenvalue weighted by atomic mass is 10.0. The second-order valence-electron chi connectivity index (χ2n) is 5.46. The summed E-state index contributed by atoms with van der Waals surface area (Å²) < 4.78 is 0. The predicted molar refractivity (Wildman–Crippen MR) is 72.5 cm³/mol. The van der Waals surface area contributed by atoms with Crippen LogP contribution in [0.15, 0.2) is 24.3 Å². The van der Waals surface area contributed by atoms with E-state index in [9.17, 15) is 0 Å². The Bertz CT molecular complexity index is 384. The maximum Gasteiger partial charge on any atom is 0.0376 e. The van der Waals surface area contributed by atoms with Gasteiger partial charge in [0.15, 0.2) is 0 Å². The largest absolute Gasteiger partial charge is 0.384 e. The van der Waals surface area contributed by atoms with E-state index in [0.717, 1.165) is 12.5 Å². The zero-order chi connectivity index (χ0) is 11.7. The van der Waals surface area contributed by atoms with Gasteiger partial charge in [-0.05, 0) is 36.9 Å². The maximum atomic E-state index is 3.52. The molecule has 1 unspecified atom stereocenters. The van der Waals surface area contributed by atoms with Crippen LogP contribution in [-0.4, -0.2) is 31.1 Å². The summed E-state index contributed by atoms with van der Waals surface area (Å²) in [5, 5.41) is 3.52. The molecule has 92 valence electrons. The minimum Gasteiger partial charge on any atom is -0.384 e. The maximum absolute atomic E-state index is 3.52. The number of hydrogen-bond donors (Lipinski definition) is 1. The van der Waals surface area contributed by atoms with E-state index >= 15 is 0 Å². The molecule has 1 aliphatic heterocycles. The molecule has 0 amide bonds. The zero-order valence-electron chi connectivity index (χ0n) is 10.7. The Kier molecular flexibility index (Phi) is 3.06. The Hall–Kier alpha value is -1.02. The van der Waals surface area contributed by atoms with Crippen LogP contribution < -0.4 is 5.32 Å². The van der Waals surface area contributed by atoms with Crippen LogP contribution in [0.4, 0.5) is 5.69 Å². The van der Waals surface area contributed by atoms with Gasteiger partial charge in [0.1, 0.15) is 0 Å². The van der Waals surface area contributed by atoms with Gasteiger partial charge in [-0.15, -0.1) is 0 Å². The van der Waals surface area contributed by atoms with Gasteiger partial charge < -0.3 is 10.2 Å². The van der Waals surface area contributed by atoms with Gasteiger partial charge in [-0.3, -0.25) is 0 Å². The van der Waals surface area contributed by atoms with Crippen molar-refractivity contribution in [2.75, 3.05) is 31.5 Å². The highest BCUT2D eigenvalue weighted by Gasteiger charge is 2.27. The van der Waals surface area contributed by atoms with Crippen LogP contribution in [0.3, 0.4) is 0 Å². The topological polar surface area (TPSA) is 15.3 Å². The first kappa shape index (κ1) is 11.1. The molecule has 0 bridgehead atoms. The fourth-order valence-electron chi connectivity index (χ4n) is 2.83. The third-order valence-corrected chi connectivity index (χ3v) is 4.08. The van der Waals surface area contributed by atoms with Crippen LogP contribution in [0.1, 0.15) is 31.2 Å². The zero-order valence-corrected chi connectivity index (χ0v) is 10.7. The second-order valence-corrected chi connectivity index (χ2v) is 5.46. The number of fused-ring (bicyclic) bond motifs is 1. The van der Waals surface area contributed by atoms with E-state index in [1.54, 1.807) is 0 Å². The number of benzene rings is 1. The van der Waals surface area contributed by atoms with Crippen molar-refractivity contribution in [1.82, 2.24) is 4.90 Å². The lowest BCUT2D eigenvalue weighted by molar-refractivity contribution is 0.263. The predicted octanol–water partition coefficient (Wildman–Crippen LogP) is 2.93. The molecular formula is C15H22N2. The molecule has 2 nitrogen and oxygen atoms in total. The average Bonchev–Trinajstić information content (AvgIpc) is 3.09. The quantitative estimate of drug-likeness (QED) is 0.836. The fraction of sp³-hybridized carbons (Fsp3) is 0.600. The number of nitrogens with zero attached hydrogens (tertiary/aromatic N) is 1. The van der Waals surface area contributed by atoms with Gasteiger partial charge in [0, 0.05) is 31.2 Å². The van der Waals surface area contributed by atoms with E-state index < -0.39 is 0 Å². The Morgan fingerprint density at radius 1 is 1.24 bits per heavy atom. The van der Waals surface area contributed by atoms with Crippen molar-refractivity contribution in [3.05, 3.63) is 29.8 Å². The molecule has 0 saturated heterocycles. The summed E-state index contributed by atoms with van der Waals surface area (Å²) in [5.41, 5.74) is 2.86. The third kappa shape index (κ3) is 2.47. The smallest absolute Gasteiger partial charge is 0.0376 e. The molecule has 1 saturated carbocycles. The van der Waals surface area contributed by atoms with Gasteiger partial charge in [-0.1, -0.05) is 25.1 Å². The van der Waals surface area contributed by atoms with Crippen molar-refractivity contribution in [2.45, 2.75) is 25.7 Å². The summed E-state index contributed by atoms with van der Waals surface area (Å²) in [6, 6.07) is 8.77. The van der Waals surface area contributed by atoms with Crippen molar-refractivity contribution in [3.8, 4) is 0 Å². The monoisotopic (exact) mass is 230 g/mol. The van der Waals surface area contributed by atoms with Gasteiger partial charge in [-0.25, -0.2) is 0 Å². The summed E-state index contributed by atoms with van der Waals surface area (Å²) in [5.74, 6) is 1.68. The number of hydrogen-bond acceptors (Lipinski definition) is 2. The van der Waals surface area contributed by atoms with Crippen LogP contribution in [0.2, 0.25) is 0 Å². The number of rotatable bonds is 5. The molecule has 17 heavy (non-hydrogen) atoms. The van der Waals surface area contributed by atoms with Crippen molar-refractivity contribution in [2.24, 2.45) is 5.92 Å². The second kappa shape index (κ2) is 4.69. The third-order valence-electron chi connectivity index (χ3n) is 4.08. The average molecular weight is 230 g/mol. The van der Waals surface area contributed by atoms with E-state index in [2.05, 4.69) is 41.4 Å². The van der Waals surface area contributed by atoms with Crippen LogP contribution in [0.25, 0.3) is 0 Å². The first-order valence-corrected chi connectivity index (χ1v) is 6.92. The van der Waals surface area contributed by atoms with E-state index in [4.69, 9.17) is 0 Å². The minimum absolute atomic E-state index is 0.685. The van der Waals surface area contributed by atoms with Crippen molar-refractivity contribution in [1.29, 1.82) is 0 Å². The van der Waals surface area contributed by atoms with Gasteiger partial charge >= 0.3 is 0 Å². The molecular weight excluding hydrogens is 208 g/mol. The van der Waals surface area contributed by atoms with Crippen LogP contribution in [-0.2, 0) is 0 Å². The van der Waals surface area contributed by atoms with Crippen molar-refractivity contribution < 1.29 is 0 Å². The van der Waals surface area contributed by atoms with Crippen LogP contribution in [0, 0.1) is 5.92 Å². The van der Waals surface area contributed by atoms with Crippen molar-refractivity contribution in [3.63, 3.8) is 0 Å². The van der Waals surface area contributed by atoms with Gasteiger partial charge in [0.2, 0.25) is 0 Å². The Balaban J connectivity index is 1.65. The SMILES string of the molecule is CCN(CC1CC1)CC1CNc2ccccc21. The lowest BCUT2D eigenvalue weighted by Crippen LogP contribution is -2.31. The summed E-state index contributed by atoms with van der Waals surface area (Å²) in [6.07, 6.45) is 2.91. The summed E-state index contributed by atoms with van der Waals surface area (Å²) in [4.78, 5) is 2.63. The highest BCUT2D eigenvalue weighted by atomic mass is 15.1. The molecule has 1 atom stereocenters. The van der Waals surface area contributed by atoms with Crippen LogP contribution >= 0.6 is 0 Å². The summed E-state index contributed by atoms with van der Waals surface area (Å²) in [7, 11) is 0. The molecule has 0 radical (unpaired) electrons. The molecule has 0 aromatic heterocycles. The first-order valence-electron chi connectivity index (χ1n) is 6.92. The highest BCUT2D eigenvalue weighted by Crippen LogP contribution is 2.33. The molecule has 1 aromatic carbocycles. The standard InChI is InChI=1S/C15H22N2/c1-2-17(10-12-7-8-12)11-13-9-16-15-6-4-3-5-14(13)15/h3-6,12-13,16H,2,7-11H2,1H3. The lowest BCUT2D eigenvalue weighted by Gasteiger charge is -2.24. The Morgan fingerprint density at radius 2 is 2.06 bits per heavy atom. The number of likely N-dealkylation sites (N-methyl/N-ethyl adjacent to an activating group) is 1. The fourth-order valence-corrected chi connectivity index (χ4v) is 2.83. The molecule has 0 spiro atoms. The van der Waals surface area contributed by atoms with E-state index in [1.165, 1.54) is 43.7 Å². The Morgan fingerprint density at radius 3 is 2.82 bits per heavy atom. The molecule has 1 heterocycles. The molecule has 1 aliphatic carbocycles. The highest BCUT2D eigenvalue weighted by molar-refractivity contribution is 5.57. The molecule has 1 N–H and O–H groups in total. The summed E-state index contributed by atoms with van der Waals surface area (Å²) in [6.45, 7) is 7.12. The number of para-hydroxylation sites is 1. The summed E-state index contributed by atoms with van der Waals surface area (Å²) >= 11 is 0. The van der Waals surface area contributed by atoms with E-state index in [-0.39, 0.29) is 0 Å².